The van der Waals surface area contributed by atoms with Gasteiger partial charge in [0.25, 0.3) is 0 Å². The summed E-state index contributed by atoms with van der Waals surface area (Å²) >= 11 is 0. The van der Waals surface area contributed by atoms with E-state index >= 15 is 0 Å². The van der Waals surface area contributed by atoms with E-state index in [1.54, 1.807) is 0 Å². The highest BCUT2D eigenvalue weighted by molar-refractivity contribution is 6.15. The summed E-state index contributed by atoms with van der Waals surface area (Å²) in [7, 11) is 0. The molecule has 3 heterocycles. The maximum atomic E-state index is 6.13. The summed E-state index contributed by atoms with van der Waals surface area (Å²) in [5.41, 5.74) is 11.6. The summed E-state index contributed by atoms with van der Waals surface area (Å²) in [6.45, 7) is 0. The highest BCUT2D eigenvalue weighted by atomic mass is 16.3. The molecule has 0 aliphatic carbocycles. The van der Waals surface area contributed by atoms with Gasteiger partial charge in [0.1, 0.15) is 11.2 Å². The van der Waals surface area contributed by atoms with Crippen LogP contribution in [0, 0.1) is 0 Å². The number of hydrogen-bond donors (Lipinski definition) is 0. The molecule has 3 nitrogen and oxygen atoms in total. The Balaban J connectivity index is 1.32. The first-order valence-corrected chi connectivity index (χ1v) is 14.9. The average molecular weight is 563 g/mol. The van der Waals surface area contributed by atoms with Gasteiger partial charge in [-0.2, -0.15) is 0 Å². The Kier molecular flexibility index (Phi) is 5.50. The number of rotatable bonds is 4. The van der Waals surface area contributed by atoms with E-state index in [9.17, 15) is 0 Å². The molecule has 0 fully saturated rings. The second kappa shape index (κ2) is 9.82. The minimum Gasteiger partial charge on any atom is -0.456 e. The first-order valence-electron chi connectivity index (χ1n) is 14.9. The molecule has 6 aromatic carbocycles. The Hall–Kier alpha value is -5.93. The fourth-order valence-corrected chi connectivity index (χ4v) is 6.59. The van der Waals surface area contributed by atoms with E-state index in [4.69, 9.17) is 9.40 Å². The van der Waals surface area contributed by atoms with E-state index in [0.29, 0.717) is 0 Å². The van der Waals surface area contributed by atoms with Crippen molar-refractivity contribution < 1.29 is 4.42 Å². The maximum absolute atomic E-state index is 6.13. The standard InChI is InChI=1S/C41H26N2O/c1-3-12-27(13-4-1)29-25-35(28-22-23-40-34(24-28)31-16-8-10-21-39(31)44-40)42-36(26-29)32-18-11-20-38-41(32)33-17-7-9-19-37(33)43(38)30-14-5-2-6-15-30/h1-26H. The highest BCUT2D eigenvalue weighted by Gasteiger charge is 2.18. The third-order valence-electron chi connectivity index (χ3n) is 8.59. The molecule has 9 aromatic rings. The summed E-state index contributed by atoms with van der Waals surface area (Å²) in [6.07, 6.45) is 0. The van der Waals surface area contributed by atoms with E-state index in [-0.39, 0.29) is 0 Å². The normalized spacial score (nSPS) is 11.6. The van der Waals surface area contributed by atoms with Crippen molar-refractivity contribution in [1.29, 1.82) is 0 Å². The number of hydrogen-bond acceptors (Lipinski definition) is 2. The molecule has 206 valence electrons. The van der Waals surface area contributed by atoms with E-state index < -0.39 is 0 Å². The lowest BCUT2D eigenvalue weighted by Gasteiger charge is -2.12. The lowest BCUT2D eigenvalue weighted by atomic mass is 9.97. The van der Waals surface area contributed by atoms with Gasteiger partial charge in [0, 0.05) is 38.4 Å². The maximum Gasteiger partial charge on any atom is 0.135 e. The summed E-state index contributed by atoms with van der Waals surface area (Å²) in [6, 6.07) is 55.4. The van der Waals surface area contributed by atoms with Gasteiger partial charge in [-0.05, 0) is 71.8 Å². The van der Waals surface area contributed by atoms with E-state index in [1.807, 2.05) is 12.1 Å². The van der Waals surface area contributed by atoms with Crippen LogP contribution in [0.15, 0.2) is 162 Å². The number of para-hydroxylation sites is 3. The quantitative estimate of drug-likeness (QED) is 0.214. The molecule has 0 aliphatic rings. The molecule has 0 saturated carbocycles. The zero-order chi connectivity index (χ0) is 29.0. The van der Waals surface area contributed by atoms with Crippen molar-refractivity contribution in [3.05, 3.63) is 158 Å². The summed E-state index contributed by atoms with van der Waals surface area (Å²) in [4.78, 5) is 5.37. The number of nitrogens with zero attached hydrogens (tertiary/aromatic N) is 2. The van der Waals surface area contributed by atoms with Gasteiger partial charge < -0.3 is 8.98 Å². The Morgan fingerprint density at radius 2 is 1.11 bits per heavy atom. The van der Waals surface area contributed by atoms with Crippen LogP contribution in [0.2, 0.25) is 0 Å². The van der Waals surface area contributed by atoms with E-state index in [1.165, 1.54) is 16.3 Å². The van der Waals surface area contributed by atoms with Gasteiger partial charge in [-0.3, -0.25) is 0 Å². The smallest absolute Gasteiger partial charge is 0.135 e. The van der Waals surface area contributed by atoms with Crippen LogP contribution in [0.1, 0.15) is 0 Å². The lowest BCUT2D eigenvalue weighted by molar-refractivity contribution is 0.669. The highest BCUT2D eigenvalue weighted by Crippen LogP contribution is 2.40. The summed E-state index contributed by atoms with van der Waals surface area (Å²) in [5.74, 6) is 0. The van der Waals surface area contributed by atoms with Crippen molar-refractivity contribution in [2.24, 2.45) is 0 Å². The van der Waals surface area contributed by atoms with Crippen LogP contribution in [-0.2, 0) is 0 Å². The molecular formula is C41H26N2O. The van der Waals surface area contributed by atoms with Crippen molar-refractivity contribution in [2.45, 2.75) is 0 Å². The van der Waals surface area contributed by atoms with Crippen LogP contribution < -0.4 is 0 Å². The van der Waals surface area contributed by atoms with Gasteiger partial charge in [-0.1, -0.05) is 97.1 Å². The minimum absolute atomic E-state index is 0.882. The number of aromatic nitrogens is 2. The molecule has 0 amide bonds. The van der Waals surface area contributed by atoms with Crippen molar-refractivity contribution in [3.63, 3.8) is 0 Å². The molecule has 0 saturated heterocycles. The van der Waals surface area contributed by atoms with Gasteiger partial charge in [0.2, 0.25) is 0 Å². The third-order valence-corrected chi connectivity index (χ3v) is 8.59. The van der Waals surface area contributed by atoms with Crippen LogP contribution in [0.4, 0.5) is 0 Å². The molecule has 0 spiro atoms. The molecule has 3 aromatic heterocycles. The van der Waals surface area contributed by atoms with Gasteiger partial charge in [0.15, 0.2) is 0 Å². The van der Waals surface area contributed by atoms with E-state index in [2.05, 4.69) is 150 Å². The van der Waals surface area contributed by atoms with Gasteiger partial charge >= 0.3 is 0 Å². The fraction of sp³-hybridized carbons (Fsp3) is 0. The monoisotopic (exact) mass is 562 g/mol. The summed E-state index contributed by atoms with van der Waals surface area (Å²) < 4.78 is 8.49. The largest absolute Gasteiger partial charge is 0.456 e. The second-order valence-electron chi connectivity index (χ2n) is 11.2. The number of benzene rings is 6. The number of fused-ring (bicyclic) bond motifs is 6. The fourth-order valence-electron chi connectivity index (χ4n) is 6.59. The molecule has 0 N–H and O–H groups in total. The van der Waals surface area contributed by atoms with Crippen LogP contribution >= 0.6 is 0 Å². The SMILES string of the molecule is c1ccc(-c2cc(-c3ccc4oc5ccccc5c4c3)nc(-c3cccc4c3c3ccccc3n4-c3ccccc3)c2)cc1. The minimum atomic E-state index is 0.882. The predicted molar refractivity (Wildman–Crippen MR) is 182 cm³/mol. The van der Waals surface area contributed by atoms with Crippen molar-refractivity contribution in [2.75, 3.05) is 0 Å². The first-order chi connectivity index (χ1) is 21.8. The molecule has 0 radical (unpaired) electrons. The first kappa shape index (κ1) is 24.6. The van der Waals surface area contributed by atoms with Gasteiger partial charge in [-0.25, -0.2) is 4.98 Å². The molecule has 0 bridgehead atoms. The molecule has 44 heavy (non-hydrogen) atoms. The van der Waals surface area contributed by atoms with Crippen LogP contribution in [0.3, 0.4) is 0 Å². The van der Waals surface area contributed by atoms with Gasteiger partial charge in [-0.15, -0.1) is 0 Å². The zero-order valence-corrected chi connectivity index (χ0v) is 23.8. The Morgan fingerprint density at radius 1 is 0.432 bits per heavy atom. The van der Waals surface area contributed by atoms with Crippen molar-refractivity contribution in [3.8, 4) is 39.3 Å². The van der Waals surface area contributed by atoms with Crippen LogP contribution in [-0.4, -0.2) is 9.55 Å². The third kappa shape index (κ3) is 3.87. The Morgan fingerprint density at radius 3 is 1.98 bits per heavy atom. The zero-order valence-electron chi connectivity index (χ0n) is 23.8. The molecule has 0 aliphatic heterocycles. The van der Waals surface area contributed by atoms with Crippen molar-refractivity contribution >= 4 is 43.7 Å². The average Bonchev–Trinajstić information content (AvgIpc) is 3.64. The molecule has 3 heteroatoms. The van der Waals surface area contributed by atoms with Crippen LogP contribution in [0.5, 0.6) is 0 Å². The molecule has 0 unspecified atom stereocenters. The van der Waals surface area contributed by atoms with Crippen LogP contribution in [0.25, 0.3) is 83.1 Å². The number of furan rings is 1. The summed E-state index contributed by atoms with van der Waals surface area (Å²) in [5, 5.41) is 4.62. The molecule has 9 rings (SSSR count). The molecule has 0 atom stereocenters. The Bertz CT molecular complexity index is 2490. The number of pyridine rings is 1. The predicted octanol–water partition coefficient (Wildman–Crippen LogP) is 11.1. The topological polar surface area (TPSA) is 31.0 Å². The van der Waals surface area contributed by atoms with Gasteiger partial charge in [0.05, 0.1) is 22.4 Å². The van der Waals surface area contributed by atoms with E-state index in [0.717, 1.165) is 66.8 Å². The lowest BCUT2D eigenvalue weighted by Crippen LogP contribution is -1.94. The second-order valence-corrected chi connectivity index (χ2v) is 11.2. The Labute approximate surface area is 254 Å². The van der Waals surface area contributed by atoms with Crippen molar-refractivity contribution in [1.82, 2.24) is 9.55 Å². The molecular weight excluding hydrogens is 536 g/mol.